The van der Waals surface area contributed by atoms with Gasteiger partial charge in [0.05, 0.1) is 10.6 Å². The number of rotatable bonds is 6. The second-order valence-electron chi connectivity index (χ2n) is 6.12. The summed E-state index contributed by atoms with van der Waals surface area (Å²) in [6, 6.07) is 21.9. The van der Waals surface area contributed by atoms with E-state index in [1.54, 1.807) is 0 Å². The number of nitrogens with one attached hydrogen (secondary N) is 1. The third kappa shape index (κ3) is 4.99. The van der Waals surface area contributed by atoms with Gasteiger partial charge in [-0.2, -0.15) is 0 Å². The molecule has 7 heteroatoms. The number of benzene rings is 3. The van der Waals surface area contributed by atoms with Crippen LogP contribution in [0, 0.1) is 5.82 Å². The molecular weight excluding hydrogens is 397 g/mol. The average molecular weight is 416 g/mol. The van der Waals surface area contributed by atoms with Gasteiger partial charge in [-0.3, -0.25) is 4.79 Å². The highest BCUT2D eigenvalue weighted by Crippen LogP contribution is 2.36. The van der Waals surface area contributed by atoms with Gasteiger partial charge < -0.3 is 5.32 Å². The number of carbonyl (C=O) groups excluding carboxylic acids is 1. The molecule has 0 spiro atoms. The van der Waals surface area contributed by atoms with Gasteiger partial charge in [-0.25, -0.2) is 12.8 Å². The van der Waals surface area contributed by atoms with E-state index in [-0.39, 0.29) is 10.6 Å². The van der Waals surface area contributed by atoms with Crippen molar-refractivity contribution in [1.29, 1.82) is 0 Å². The van der Waals surface area contributed by atoms with E-state index < -0.39 is 26.8 Å². The fourth-order valence-electron chi connectivity index (χ4n) is 2.57. The summed E-state index contributed by atoms with van der Waals surface area (Å²) < 4.78 is 37.7. The molecule has 0 aliphatic rings. The highest BCUT2D eigenvalue weighted by Gasteiger charge is 2.23. The second-order valence-corrected chi connectivity index (χ2v) is 9.32. The van der Waals surface area contributed by atoms with E-state index in [1.807, 2.05) is 60.7 Å². The van der Waals surface area contributed by atoms with Crippen LogP contribution < -0.4 is 5.32 Å². The monoisotopic (exact) mass is 415 g/mol. The van der Waals surface area contributed by atoms with Crippen LogP contribution in [0.15, 0.2) is 88.7 Å². The highest BCUT2D eigenvalue weighted by molar-refractivity contribution is 8.00. The summed E-state index contributed by atoms with van der Waals surface area (Å²) in [4.78, 5) is 13.8. The first kappa shape index (κ1) is 20.1. The highest BCUT2D eigenvalue weighted by atomic mass is 32.2. The zero-order valence-electron chi connectivity index (χ0n) is 15.0. The Bertz CT molecular complexity index is 1070. The number of anilines is 1. The maximum absolute atomic E-state index is 14.2. The fourth-order valence-corrected chi connectivity index (χ4v) is 4.26. The van der Waals surface area contributed by atoms with Crippen molar-refractivity contribution >= 4 is 33.2 Å². The van der Waals surface area contributed by atoms with Crippen LogP contribution in [-0.2, 0) is 14.6 Å². The molecule has 0 unspecified atom stereocenters. The fraction of sp³-hybridized carbons (Fsp3) is 0.0952. The van der Waals surface area contributed by atoms with E-state index in [2.05, 4.69) is 5.32 Å². The smallest absolute Gasteiger partial charge is 0.242 e. The Labute approximate surface area is 167 Å². The summed E-state index contributed by atoms with van der Waals surface area (Å²) >= 11 is 1.33. The van der Waals surface area contributed by atoms with Crippen LogP contribution in [0.2, 0.25) is 0 Å². The van der Waals surface area contributed by atoms with Crippen LogP contribution in [0.1, 0.15) is 10.8 Å². The summed E-state index contributed by atoms with van der Waals surface area (Å²) in [5.74, 6) is -1.14. The van der Waals surface area contributed by atoms with Crippen LogP contribution in [0.5, 0.6) is 0 Å². The minimum atomic E-state index is -3.52. The lowest BCUT2D eigenvalue weighted by Crippen LogP contribution is -2.20. The zero-order valence-corrected chi connectivity index (χ0v) is 16.6. The molecule has 0 saturated carbocycles. The van der Waals surface area contributed by atoms with Gasteiger partial charge in [-0.1, -0.05) is 48.5 Å². The lowest BCUT2D eigenvalue weighted by Gasteiger charge is -2.17. The summed E-state index contributed by atoms with van der Waals surface area (Å²) in [6.07, 6.45) is 1.03. The van der Waals surface area contributed by atoms with Gasteiger partial charge in [-0.05, 0) is 35.9 Å². The predicted molar refractivity (Wildman–Crippen MR) is 110 cm³/mol. The lowest BCUT2D eigenvalue weighted by molar-refractivity contribution is -0.115. The quantitative estimate of drug-likeness (QED) is 0.468. The van der Waals surface area contributed by atoms with Crippen molar-refractivity contribution < 1.29 is 17.6 Å². The van der Waals surface area contributed by atoms with Crippen molar-refractivity contribution in [2.75, 3.05) is 11.6 Å². The zero-order chi connectivity index (χ0) is 20.1. The van der Waals surface area contributed by atoms with Crippen molar-refractivity contribution in [1.82, 2.24) is 0 Å². The molecule has 1 N–H and O–H groups in total. The molecule has 1 atom stereocenters. The second kappa shape index (κ2) is 8.58. The summed E-state index contributed by atoms with van der Waals surface area (Å²) in [6.45, 7) is 0. The van der Waals surface area contributed by atoms with Gasteiger partial charge in [0.1, 0.15) is 11.1 Å². The third-order valence-corrected chi connectivity index (χ3v) is 6.34. The average Bonchev–Trinajstić information content (AvgIpc) is 2.68. The number of hydrogen-bond donors (Lipinski definition) is 1. The minimum Gasteiger partial charge on any atom is -0.322 e. The molecular formula is C21H18FNO3S2. The lowest BCUT2D eigenvalue weighted by atomic mass is 10.1. The third-order valence-electron chi connectivity index (χ3n) is 3.96. The van der Waals surface area contributed by atoms with Gasteiger partial charge >= 0.3 is 0 Å². The van der Waals surface area contributed by atoms with E-state index in [0.29, 0.717) is 0 Å². The molecule has 28 heavy (non-hydrogen) atoms. The number of thioether (sulfide) groups is 1. The standard InChI is InChI=1S/C21H18FNO3S2/c1-28(25,26)17-12-13-18(22)19(14-17)23-21(24)20(15-8-4-2-5-9-15)27-16-10-6-3-7-11-16/h2-14,20H,1H3,(H,23,24)/t20-/m1/s1. The van der Waals surface area contributed by atoms with Crippen LogP contribution in [0.25, 0.3) is 0 Å². The Morgan fingerprint density at radius 3 is 2.18 bits per heavy atom. The van der Waals surface area contributed by atoms with Crippen molar-refractivity contribution in [2.45, 2.75) is 15.0 Å². The molecule has 0 radical (unpaired) electrons. The Morgan fingerprint density at radius 1 is 0.964 bits per heavy atom. The molecule has 3 rings (SSSR count). The van der Waals surface area contributed by atoms with Crippen molar-refractivity contribution in [3.63, 3.8) is 0 Å². The van der Waals surface area contributed by atoms with Crippen molar-refractivity contribution in [3.05, 3.63) is 90.2 Å². The maximum Gasteiger partial charge on any atom is 0.242 e. The Hall–Kier alpha value is -2.64. The van der Waals surface area contributed by atoms with E-state index in [9.17, 15) is 17.6 Å². The SMILES string of the molecule is CS(=O)(=O)c1ccc(F)c(NC(=O)[C@H](Sc2ccccc2)c2ccccc2)c1. The van der Waals surface area contributed by atoms with Crippen LogP contribution in [-0.4, -0.2) is 20.6 Å². The molecule has 0 aromatic heterocycles. The first-order chi connectivity index (χ1) is 13.3. The van der Waals surface area contributed by atoms with Gasteiger partial charge in [-0.15, -0.1) is 11.8 Å². The van der Waals surface area contributed by atoms with E-state index in [4.69, 9.17) is 0 Å². The molecule has 0 aliphatic carbocycles. The molecule has 3 aromatic rings. The molecule has 0 saturated heterocycles. The molecule has 3 aromatic carbocycles. The van der Waals surface area contributed by atoms with Gasteiger partial charge in [0.2, 0.25) is 5.91 Å². The molecule has 4 nitrogen and oxygen atoms in total. The van der Waals surface area contributed by atoms with Gasteiger partial charge in [0, 0.05) is 11.2 Å². The van der Waals surface area contributed by atoms with Gasteiger partial charge in [0.25, 0.3) is 0 Å². The number of amides is 1. The van der Waals surface area contributed by atoms with Crippen molar-refractivity contribution in [2.24, 2.45) is 0 Å². The largest absolute Gasteiger partial charge is 0.322 e. The maximum atomic E-state index is 14.2. The summed E-state index contributed by atoms with van der Waals surface area (Å²) in [5, 5.41) is 1.91. The van der Waals surface area contributed by atoms with Crippen molar-refractivity contribution in [3.8, 4) is 0 Å². The number of carbonyl (C=O) groups is 1. The molecule has 0 aliphatic heterocycles. The van der Waals surface area contributed by atoms with E-state index in [0.717, 1.165) is 28.8 Å². The van der Waals surface area contributed by atoms with E-state index in [1.165, 1.54) is 17.8 Å². The number of sulfone groups is 1. The summed E-state index contributed by atoms with van der Waals surface area (Å²) in [7, 11) is -3.52. The van der Waals surface area contributed by atoms with Crippen LogP contribution in [0.3, 0.4) is 0 Å². The Morgan fingerprint density at radius 2 is 1.57 bits per heavy atom. The molecule has 144 valence electrons. The predicted octanol–water partition coefficient (Wildman–Crippen LogP) is 4.70. The number of halogens is 1. The number of hydrogen-bond acceptors (Lipinski definition) is 4. The van der Waals surface area contributed by atoms with Gasteiger partial charge in [0.15, 0.2) is 9.84 Å². The minimum absolute atomic E-state index is 0.0591. The van der Waals surface area contributed by atoms with Crippen LogP contribution in [0.4, 0.5) is 10.1 Å². The first-order valence-corrected chi connectivity index (χ1v) is 11.2. The van der Waals surface area contributed by atoms with Crippen LogP contribution >= 0.6 is 11.8 Å². The normalized spacial score (nSPS) is 12.4. The first-order valence-electron chi connectivity index (χ1n) is 8.42. The topological polar surface area (TPSA) is 63.2 Å². The molecule has 0 fully saturated rings. The van der Waals surface area contributed by atoms with E-state index >= 15 is 0 Å². The Balaban J connectivity index is 1.92. The molecule has 1 amide bonds. The molecule has 0 bridgehead atoms. The summed E-state index contributed by atoms with van der Waals surface area (Å²) in [5.41, 5.74) is 0.594. The molecule has 0 heterocycles. The Kier molecular flexibility index (Phi) is 6.16.